The fourth-order valence-corrected chi connectivity index (χ4v) is 4.23. The van der Waals surface area contributed by atoms with Crippen LogP contribution in [0.3, 0.4) is 0 Å². The predicted octanol–water partition coefficient (Wildman–Crippen LogP) is 9.89. The molecule has 0 aromatic carbocycles. The first kappa shape index (κ1) is 37.5. The van der Waals surface area contributed by atoms with Crippen molar-refractivity contribution in [2.75, 3.05) is 0 Å². The Balaban J connectivity index is 2.66. The minimum absolute atomic E-state index is 0.0198. The summed E-state index contributed by atoms with van der Waals surface area (Å²) >= 11 is 0. The standard InChI is InChI=1S/C40H54O3/c1-30(19-13-21-32(3)22-14-23-33(4)25-16-28-39(7,8)43)17-11-12-18-31(2)20-15-24-34(5)26-27-36-35(6)37(41)29-38(42)40(36,9)10/h11-27,38,42-43H,28-29H2,1-10H3/t38-/m1/s1. The zero-order valence-corrected chi connectivity index (χ0v) is 28.1. The molecule has 43 heavy (non-hydrogen) atoms. The number of hydrogen-bond donors (Lipinski definition) is 2. The van der Waals surface area contributed by atoms with E-state index >= 15 is 0 Å². The first-order chi connectivity index (χ1) is 20.0. The average molecular weight is 583 g/mol. The summed E-state index contributed by atoms with van der Waals surface area (Å²) < 4.78 is 0. The summed E-state index contributed by atoms with van der Waals surface area (Å²) in [6.07, 6.45) is 34.9. The molecule has 0 saturated carbocycles. The van der Waals surface area contributed by atoms with Crippen LogP contribution in [0, 0.1) is 5.41 Å². The number of carbonyl (C=O) groups excluding carboxylic acids is 1. The van der Waals surface area contributed by atoms with E-state index in [0.29, 0.717) is 6.42 Å². The summed E-state index contributed by atoms with van der Waals surface area (Å²) in [6, 6.07) is 0. The molecular weight excluding hydrogens is 528 g/mol. The smallest absolute Gasteiger partial charge is 0.161 e. The van der Waals surface area contributed by atoms with E-state index in [1.54, 1.807) is 0 Å². The average Bonchev–Trinajstić information content (AvgIpc) is 2.89. The fourth-order valence-electron chi connectivity index (χ4n) is 4.23. The van der Waals surface area contributed by atoms with Gasteiger partial charge in [0.05, 0.1) is 11.7 Å². The minimum atomic E-state index is -0.674. The zero-order chi connectivity index (χ0) is 32.6. The van der Waals surface area contributed by atoms with Gasteiger partial charge in [0, 0.05) is 11.8 Å². The van der Waals surface area contributed by atoms with Crippen molar-refractivity contribution in [3.8, 4) is 0 Å². The lowest BCUT2D eigenvalue weighted by Crippen LogP contribution is -2.38. The molecule has 232 valence electrons. The molecule has 0 spiro atoms. The van der Waals surface area contributed by atoms with Gasteiger partial charge in [-0.15, -0.1) is 0 Å². The second kappa shape index (κ2) is 18.2. The third kappa shape index (κ3) is 15.5. The van der Waals surface area contributed by atoms with Crippen LogP contribution in [0.2, 0.25) is 0 Å². The molecule has 0 fully saturated rings. The Morgan fingerprint density at radius 2 is 1.14 bits per heavy atom. The molecule has 0 radical (unpaired) electrons. The Bertz CT molecular complexity index is 1330. The van der Waals surface area contributed by atoms with Gasteiger partial charge in [0.15, 0.2) is 5.78 Å². The fraction of sp³-hybridized carbons (Fsp3) is 0.375. The largest absolute Gasteiger partial charge is 0.392 e. The summed E-state index contributed by atoms with van der Waals surface area (Å²) in [4.78, 5) is 12.2. The van der Waals surface area contributed by atoms with E-state index in [0.717, 1.165) is 39.0 Å². The molecule has 1 aliphatic carbocycles. The maximum absolute atomic E-state index is 12.2. The number of ketones is 1. The summed E-state index contributed by atoms with van der Waals surface area (Å²) in [6.45, 7) is 19.7. The van der Waals surface area contributed by atoms with Crippen molar-refractivity contribution in [3.63, 3.8) is 0 Å². The summed E-state index contributed by atoms with van der Waals surface area (Å²) in [5.74, 6) is 0.0198. The molecule has 1 aliphatic rings. The second-order valence-electron chi connectivity index (χ2n) is 12.7. The minimum Gasteiger partial charge on any atom is -0.392 e. The van der Waals surface area contributed by atoms with E-state index in [1.807, 2.05) is 103 Å². The van der Waals surface area contributed by atoms with E-state index in [2.05, 4.69) is 69.4 Å². The molecule has 0 unspecified atom stereocenters. The van der Waals surface area contributed by atoms with Gasteiger partial charge in [-0.25, -0.2) is 0 Å². The van der Waals surface area contributed by atoms with Gasteiger partial charge in [0.2, 0.25) is 0 Å². The first-order valence-electron chi connectivity index (χ1n) is 15.1. The Morgan fingerprint density at radius 3 is 1.58 bits per heavy atom. The lowest BCUT2D eigenvalue weighted by atomic mass is 9.70. The third-order valence-electron chi connectivity index (χ3n) is 7.22. The van der Waals surface area contributed by atoms with Crippen LogP contribution >= 0.6 is 0 Å². The van der Waals surface area contributed by atoms with Crippen LogP contribution in [0.15, 0.2) is 142 Å². The zero-order valence-electron chi connectivity index (χ0n) is 28.1. The number of rotatable bonds is 13. The molecule has 1 atom stereocenters. The van der Waals surface area contributed by atoms with E-state index in [-0.39, 0.29) is 12.2 Å². The number of hydrogen-bond acceptors (Lipinski definition) is 3. The Morgan fingerprint density at radius 1 is 0.744 bits per heavy atom. The van der Waals surface area contributed by atoms with Crippen LogP contribution in [0.4, 0.5) is 0 Å². The van der Waals surface area contributed by atoms with Crippen molar-refractivity contribution >= 4 is 5.78 Å². The number of aliphatic hydroxyl groups excluding tert-OH is 1. The molecule has 1 rings (SSSR count). The van der Waals surface area contributed by atoms with Crippen LogP contribution < -0.4 is 0 Å². The van der Waals surface area contributed by atoms with Crippen molar-refractivity contribution in [2.24, 2.45) is 5.41 Å². The van der Waals surface area contributed by atoms with Gasteiger partial charge < -0.3 is 10.2 Å². The molecule has 0 aromatic rings. The normalized spacial score (nSPS) is 20.6. The molecule has 0 bridgehead atoms. The second-order valence-corrected chi connectivity index (χ2v) is 12.7. The topological polar surface area (TPSA) is 57.5 Å². The molecule has 3 heteroatoms. The molecule has 0 aliphatic heterocycles. The highest BCUT2D eigenvalue weighted by Crippen LogP contribution is 2.39. The lowest BCUT2D eigenvalue weighted by molar-refractivity contribution is -0.120. The molecule has 2 N–H and O–H groups in total. The van der Waals surface area contributed by atoms with Gasteiger partial charge in [-0.3, -0.25) is 4.79 Å². The summed E-state index contributed by atoms with van der Waals surface area (Å²) in [7, 11) is 0. The Kier molecular flexibility index (Phi) is 15.9. The Labute approximate surface area is 261 Å². The number of aliphatic hydroxyl groups is 2. The predicted molar refractivity (Wildman–Crippen MR) is 187 cm³/mol. The summed E-state index contributed by atoms with van der Waals surface area (Å²) in [5.41, 5.74) is 6.19. The molecule has 0 saturated heterocycles. The van der Waals surface area contributed by atoms with Crippen molar-refractivity contribution in [1.82, 2.24) is 0 Å². The van der Waals surface area contributed by atoms with E-state index in [9.17, 15) is 15.0 Å². The maximum Gasteiger partial charge on any atom is 0.161 e. The monoisotopic (exact) mass is 582 g/mol. The van der Waals surface area contributed by atoms with Crippen molar-refractivity contribution in [1.29, 1.82) is 0 Å². The number of allylic oxidation sites excluding steroid dienone is 22. The van der Waals surface area contributed by atoms with Gasteiger partial charge in [0.25, 0.3) is 0 Å². The lowest BCUT2D eigenvalue weighted by Gasteiger charge is -2.36. The van der Waals surface area contributed by atoms with Gasteiger partial charge in [-0.05, 0) is 73.0 Å². The van der Waals surface area contributed by atoms with Crippen molar-refractivity contribution in [2.45, 2.75) is 93.8 Å². The highest BCUT2D eigenvalue weighted by molar-refractivity contribution is 5.97. The highest BCUT2D eigenvalue weighted by atomic mass is 16.3. The molecule has 0 amide bonds. The molecule has 3 nitrogen and oxygen atoms in total. The van der Waals surface area contributed by atoms with Crippen LogP contribution in [0.25, 0.3) is 0 Å². The van der Waals surface area contributed by atoms with Crippen LogP contribution in [-0.2, 0) is 4.79 Å². The Hall–Kier alpha value is -3.53. The van der Waals surface area contributed by atoms with Gasteiger partial charge in [0.1, 0.15) is 0 Å². The van der Waals surface area contributed by atoms with E-state index in [1.165, 1.54) is 0 Å². The summed E-state index contributed by atoms with van der Waals surface area (Å²) in [5, 5.41) is 20.1. The van der Waals surface area contributed by atoms with Crippen LogP contribution in [0.1, 0.15) is 82.1 Å². The quantitative estimate of drug-likeness (QED) is 0.213. The number of Topliss-reactive ketones (excluding diaryl/α,β-unsaturated/α-hetero) is 1. The van der Waals surface area contributed by atoms with Crippen molar-refractivity contribution in [3.05, 3.63) is 142 Å². The third-order valence-corrected chi connectivity index (χ3v) is 7.22. The number of carbonyl (C=O) groups is 1. The maximum atomic E-state index is 12.2. The molecular formula is C40H54O3. The molecule has 0 aromatic heterocycles. The van der Waals surface area contributed by atoms with E-state index in [4.69, 9.17) is 0 Å². The van der Waals surface area contributed by atoms with Gasteiger partial charge in [-0.1, -0.05) is 145 Å². The highest BCUT2D eigenvalue weighted by Gasteiger charge is 2.38. The van der Waals surface area contributed by atoms with Gasteiger partial charge in [-0.2, -0.15) is 0 Å². The molecule has 0 heterocycles. The first-order valence-corrected chi connectivity index (χ1v) is 15.1. The SMILES string of the molecule is CC(C=CC=C(C)C=CC=C(C)C=CCC(C)(C)O)=CC=CC=C(C)C=CC=C(C)C=CC1=C(C)C(=O)C[C@@H](O)C1(C)C. The van der Waals surface area contributed by atoms with E-state index < -0.39 is 17.1 Å². The van der Waals surface area contributed by atoms with Crippen LogP contribution in [0.5, 0.6) is 0 Å². The van der Waals surface area contributed by atoms with Crippen molar-refractivity contribution < 1.29 is 15.0 Å². The van der Waals surface area contributed by atoms with Gasteiger partial charge >= 0.3 is 0 Å². The van der Waals surface area contributed by atoms with Crippen LogP contribution in [-0.4, -0.2) is 27.7 Å².